The average Bonchev–Trinajstić information content (AvgIpc) is 2.72. The van der Waals surface area contributed by atoms with Gasteiger partial charge in [0.2, 0.25) is 5.91 Å². The van der Waals surface area contributed by atoms with Crippen LogP contribution in [0.15, 0.2) is 36.7 Å². The summed E-state index contributed by atoms with van der Waals surface area (Å²) in [6.45, 7) is 6.67. The van der Waals surface area contributed by atoms with Gasteiger partial charge in [0, 0.05) is 18.1 Å². The Balaban J connectivity index is 2.03. The highest BCUT2D eigenvalue weighted by Crippen LogP contribution is 2.19. The fourth-order valence-electron chi connectivity index (χ4n) is 2.12. The molecule has 0 atom stereocenters. The second-order valence-corrected chi connectivity index (χ2v) is 4.90. The maximum absolute atomic E-state index is 11.9. The first-order valence-corrected chi connectivity index (χ1v) is 6.44. The van der Waals surface area contributed by atoms with E-state index in [2.05, 4.69) is 30.2 Å². The Morgan fingerprint density at radius 2 is 2.16 bits per heavy atom. The maximum Gasteiger partial charge on any atom is 0.245 e. The molecule has 0 aliphatic rings. The van der Waals surface area contributed by atoms with E-state index in [9.17, 15) is 4.79 Å². The van der Waals surface area contributed by atoms with Gasteiger partial charge in [-0.25, -0.2) is 4.98 Å². The molecule has 4 heteroatoms. The van der Waals surface area contributed by atoms with Crippen LogP contribution in [-0.2, 0) is 11.3 Å². The molecule has 0 unspecified atom stereocenters. The van der Waals surface area contributed by atoms with Gasteiger partial charge in [0.15, 0.2) is 0 Å². The Labute approximate surface area is 113 Å². The van der Waals surface area contributed by atoms with E-state index in [0.717, 1.165) is 5.69 Å². The zero-order valence-corrected chi connectivity index (χ0v) is 11.6. The van der Waals surface area contributed by atoms with Crippen LogP contribution in [0.4, 0.5) is 5.82 Å². The van der Waals surface area contributed by atoms with Crippen LogP contribution in [0.1, 0.15) is 31.0 Å². The first kappa shape index (κ1) is 13.3. The van der Waals surface area contributed by atoms with Crippen molar-refractivity contribution in [3.63, 3.8) is 0 Å². The van der Waals surface area contributed by atoms with Crippen LogP contribution in [-0.4, -0.2) is 15.5 Å². The zero-order chi connectivity index (χ0) is 13.8. The maximum atomic E-state index is 11.9. The Hall–Kier alpha value is -2.10. The molecule has 1 N–H and O–H groups in total. The van der Waals surface area contributed by atoms with Gasteiger partial charge in [-0.05, 0) is 36.6 Å². The number of pyridine rings is 1. The number of nitrogens with one attached hydrogen (secondary N) is 1. The number of nitrogens with zero attached hydrogens (tertiary/aromatic N) is 2. The summed E-state index contributed by atoms with van der Waals surface area (Å²) in [7, 11) is 0. The monoisotopic (exact) mass is 257 g/mol. The highest BCUT2D eigenvalue weighted by molar-refractivity contribution is 5.89. The molecule has 0 aromatic carbocycles. The zero-order valence-electron chi connectivity index (χ0n) is 11.6. The van der Waals surface area contributed by atoms with Crippen molar-refractivity contribution in [3.8, 4) is 0 Å². The Morgan fingerprint density at radius 3 is 2.74 bits per heavy atom. The van der Waals surface area contributed by atoms with E-state index in [1.807, 2.05) is 29.8 Å². The van der Waals surface area contributed by atoms with Crippen LogP contribution in [0.25, 0.3) is 0 Å². The molecule has 2 rings (SSSR count). The SMILES string of the molecule is Cc1c(C(C)C)ccn1CC(=O)Nc1ccccn1. The van der Waals surface area contributed by atoms with Gasteiger partial charge in [0.05, 0.1) is 0 Å². The van der Waals surface area contributed by atoms with E-state index in [1.165, 1.54) is 5.56 Å². The topological polar surface area (TPSA) is 46.9 Å². The average molecular weight is 257 g/mol. The number of rotatable bonds is 4. The Bertz CT molecular complexity index is 558. The molecule has 0 saturated carbocycles. The van der Waals surface area contributed by atoms with Gasteiger partial charge in [-0.1, -0.05) is 19.9 Å². The van der Waals surface area contributed by atoms with Gasteiger partial charge < -0.3 is 9.88 Å². The van der Waals surface area contributed by atoms with Gasteiger partial charge >= 0.3 is 0 Å². The molecule has 2 aromatic rings. The largest absolute Gasteiger partial charge is 0.342 e. The first-order chi connectivity index (χ1) is 9.08. The summed E-state index contributed by atoms with van der Waals surface area (Å²) in [5, 5.41) is 2.79. The van der Waals surface area contributed by atoms with E-state index >= 15 is 0 Å². The minimum absolute atomic E-state index is 0.0623. The van der Waals surface area contributed by atoms with Crippen molar-refractivity contribution in [1.82, 2.24) is 9.55 Å². The lowest BCUT2D eigenvalue weighted by atomic mass is 10.0. The normalized spacial score (nSPS) is 10.7. The van der Waals surface area contributed by atoms with Crippen LogP contribution < -0.4 is 5.32 Å². The number of carbonyl (C=O) groups is 1. The van der Waals surface area contributed by atoms with Crippen molar-refractivity contribution in [1.29, 1.82) is 0 Å². The molecule has 1 amide bonds. The van der Waals surface area contributed by atoms with Crippen molar-refractivity contribution in [2.24, 2.45) is 0 Å². The minimum atomic E-state index is -0.0623. The van der Waals surface area contributed by atoms with E-state index in [0.29, 0.717) is 18.3 Å². The summed E-state index contributed by atoms with van der Waals surface area (Å²) in [6, 6.07) is 7.52. The standard InChI is InChI=1S/C15H19N3O/c1-11(2)13-7-9-18(12(13)3)10-15(19)17-14-6-4-5-8-16-14/h4-9,11H,10H2,1-3H3,(H,16,17,19). The van der Waals surface area contributed by atoms with E-state index in [1.54, 1.807) is 12.3 Å². The Morgan fingerprint density at radius 1 is 1.37 bits per heavy atom. The van der Waals surface area contributed by atoms with Gasteiger partial charge in [-0.2, -0.15) is 0 Å². The fourth-order valence-corrected chi connectivity index (χ4v) is 2.12. The molecule has 2 heterocycles. The highest BCUT2D eigenvalue weighted by Gasteiger charge is 2.10. The lowest BCUT2D eigenvalue weighted by molar-refractivity contribution is -0.116. The number of hydrogen-bond donors (Lipinski definition) is 1. The Kier molecular flexibility index (Phi) is 4.00. The minimum Gasteiger partial charge on any atom is -0.342 e. The number of hydrogen-bond acceptors (Lipinski definition) is 2. The van der Waals surface area contributed by atoms with Crippen molar-refractivity contribution in [2.75, 3.05) is 5.32 Å². The predicted molar refractivity (Wildman–Crippen MR) is 76.1 cm³/mol. The van der Waals surface area contributed by atoms with E-state index in [4.69, 9.17) is 0 Å². The lowest BCUT2D eigenvalue weighted by Gasteiger charge is -2.09. The third-order valence-electron chi connectivity index (χ3n) is 3.15. The van der Waals surface area contributed by atoms with Gasteiger partial charge in [-0.3, -0.25) is 4.79 Å². The second kappa shape index (κ2) is 5.69. The molecule has 100 valence electrons. The molecule has 0 fully saturated rings. The molecule has 0 aliphatic heterocycles. The van der Waals surface area contributed by atoms with Crippen LogP contribution in [0.3, 0.4) is 0 Å². The van der Waals surface area contributed by atoms with E-state index < -0.39 is 0 Å². The second-order valence-electron chi connectivity index (χ2n) is 4.90. The molecule has 2 aromatic heterocycles. The third-order valence-corrected chi connectivity index (χ3v) is 3.15. The van der Waals surface area contributed by atoms with Crippen molar-refractivity contribution in [2.45, 2.75) is 33.2 Å². The molecule has 19 heavy (non-hydrogen) atoms. The summed E-state index contributed by atoms with van der Waals surface area (Å²) in [4.78, 5) is 16.0. The molecule has 0 spiro atoms. The molecule has 0 radical (unpaired) electrons. The number of carbonyl (C=O) groups excluding carboxylic acids is 1. The van der Waals surface area contributed by atoms with E-state index in [-0.39, 0.29) is 5.91 Å². The number of amides is 1. The summed E-state index contributed by atoms with van der Waals surface area (Å²) >= 11 is 0. The van der Waals surface area contributed by atoms with Crippen molar-refractivity contribution >= 4 is 11.7 Å². The molecular formula is C15H19N3O. The van der Waals surface area contributed by atoms with Gasteiger partial charge in [-0.15, -0.1) is 0 Å². The molecule has 0 aliphatic carbocycles. The van der Waals surface area contributed by atoms with Crippen LogP contribution in [0.5, 0.6) is 0 Å². The summed E-state index contributed by atoms with van der Waals surface area (Å²) in [6.07, 6.45) is 3.62. The van der Waals surface area contributed by atoms with Crippen LogP contribution >= 0.6 is 0 Å². The van der Waals surface area contributed by atoms with Gasteiger partial charge in [0.1, 0.15) is 12.4 Å². The van der Waals surface area contributed by atoms with Crippen LogP contribution in [0, 0.1) is 6.92 Å². The van der Waals surface area contributed by atoms with Gasteiger partial charge in [0.25, 0.3) is 0 Å². The first-order valence-electron chi connectivity index (χ1n) is 6.44. The smallest absolute Gasteiger partial charge is 0.245 e. The number of aromatic nitrogens is 2. The third kappa shape index (κ3) is 3.22. The summed E-state index contributed by atoms with van der Waals surface area (Å²) in [5.41, 5.74) is 2.43. The molecule has 0 bridgehead atoms. The van der Waals surface area contributed by atoms with Crippen molar-refractivity contribution < 1.29 is 4.79 Å². The molecule has 4 nitrogen and oxygen atoms in total. The lowest BCUT2D eigenvalue weighted by Crippen LogP contribution is -2.19. The van der Waals surface area contributed by atoms with Crippen LogP contribution in [0.2, 0.25) is 0 Å². The molecule has 0 saturated heterocycles. The highest BCUT2D eigenvalue weighted by atomic mass is 16.2. The quantitative estimate of drug-likeness (QED) is 0.915. The molecular weight excluding hydrogens is 238 g/mol. The summed E-state index contributed by atoms with van der Waals surface area (Å²) in [5.74, 6) is 0.995. The predicted octanol–water partition coefficient (Wildman–Crippen LogP) is 2.95. The fraction of sp³-hybridized carbons (Fsp3) is 0.333. The van der Waals surface area contributed by atoms with Crippen molar-refractivity contribution in [3.05, 3.63) is 47.9 Å². The summed E-state index contributed by atoms with van der Waals surface area (Å²) < 4.78 is 1.97. The number of anilines is 1.